The molecule has 194 valence electrons. The summed E-state index contributed by atoms with van der Waals surface area (Å²) in [6.45, 7) is 6.75. The number of fused-ring (bicyclic) bond motifs is 1. The molecule has 5 heterocycles. The normalized spacial score (nSPS) is 19.4. The Balaban J connectivity index is 1.45. The second-order valence-corrected chi connectivity index (χ2v) is 10.1. The molecule has 37 heavy (non-hydrogen) atoms. The Morgan fingerprint density at radius 2 is 1.84 bits per heavy atom. The number of hydrogen-bond donors (Lipinski definition) is 1. The van der Waals surface area contributed by atoms with E-state index in [4.69, 9.17) is 0 Å². The number of hydrogen-bond acceptors (Lipinski definition) is 5. The second kappa shape index (κ2) is 8.17. The summed E-state index contributed by atoms with van der Waals surface area (Å²) in [4.78, 5) is 33.7. The van der Waals surface area contributed by atoms with Crippen molar-refractivity contribution in [3.63, 3.8) is 0 Å². The smallest absolute Gasteiger partial charge is 0.368 e. The fourth-order valence-corrected chi connectivity index (χ4v) is 5.70. The third kappa shape index (κ3) is 3.73. The van der Waals surface area contributed by atoms with Crippen LogP contribution in [0.4, 0.5) is 23.2 Å². The molecular weight excluding hydrogens is 492 g/mol. The van der Waals surface area contributed by atoms with Crippen molar-refractivity contribution in [2.75, 3.05) is 44.2 Å². The topological polar surface area (TPSA) is 75.4 Å². The van der Waals surface area contributed by atoms with E-state index in [2.05, 4.69) is 21.8 Å². The van der Waals surface area contributed by atoms with Crippen LogP contribution >= 0.6 is 0 Å². The molecule has 0 bridgehead atoms. The van der Waals surface area contributed by atoms with Crippen LogP contribution in [0.25, 0.3) is 16.9 Å². The van der Waals surface area contributed by atoms with Crippen molar-refractivity contribution in [3.8, 4) is 5.69 Å². The predicted molar refractivity (Wildman–Crippen MR) is 128 cm³/mol. The molecule has 3 aliphatic rings. The minimum atomic E-state index is -4.51. The highest BCUT2D eigenvalue weighted by atomic mass is 19.4. The number of halogens is 4. The summed E-state index contributed by atoms with van der Waals surface area (Å²) < 4.78 is 55.6. The second-order valence-electron chi connectivity index (χ2n) is 10.1. The van der Waals surface area contributed by atoms with Gasteiger partial charge in [-0.1, -0.05) is 6.58 Å². The number of pyridine rings is 1. The van der Waals surface area contributed by atoms with Gasteiger partial charge in [0, 0.05) is 44.3 Å². The quantitative estimate of drug-likeness (QED) is 0.427. The van der Waals surface area contributed by atoms with Gasteiger partial charge < -0.3 is 15.1 Å². The van der Waals surface area contributed by atoms with Crippen molar-refractivity contribution in [2.45, 2.75) is 18.6 Å². The molecule has 0 atom stereocenters. The molecule has 0 aliphatic carbocycles. The average Bonchev–Trinajstić information content (AvgIpc) is 3.40. The predicted octanol–water partition coefficient (Wildman–Crippen LogP) is 2.87. The highest BCUT2D eigenvalue weighted by Gasteiger charge is 2.46. The number of nitrogens with zero attached hydrogens (tertiary/aromatic N) is 5. The molecular formula is C25H24F4N6O2. The van der Waals surface area contributed by atoms with Gasteiger partial charge in [-0.05, 0) is 43.3 Å². The molecule has 0 saturated carbocycles. The van der Waals surface area contributed by atoms with Gasteiger partial charge in [-0.25, -0.2) is 18.7 Å². The van der Waals surface area contributed by atoms with Crippen LogP contribution in [-0.4, -0.2) is 64.2 Å². The molecule has 3 aromatic rings. The molecule has 3 aliphatic heterocycles. The van der Waals surface area contributed by atoms with Gasteiger partial charge in [0.1, 0.15) is 5.52 Å². The van der Waals surface area contributed by atoms with Crippen molar-refractivity contribution in [3.05, 3.63) is 65.0 Å². The maximum absolute atomic E-state index is 13.8. The summed E-state index contributed by atoms with van der Waals surface area (Å²) in [5, 5.41) is 3.39. The van der Waals surface area contributed by atoms with Crippen LogP contribution in [0, 0.1) is 5.41 Å². The van der Waals surface area contributed by atoms with Crippen LogP contribution < -0.4 is 15.9 Å². The van der Waals surface area contributed by atoms with Gasteiger partial charge in [0.15, 0.2) is 11.5 Å². The van der Waals surface area contributed by atoms with Gasteiger partial charge in [0.25, 0.3) is 5.91 Å². The van der Waals surface area contributed by atoms with Crippen LogP contribution in [0.1, 0.15) is 18.0 Å². The lowest BCUT2D eigenvalue weighted by Crippen LogP contribution is -2.58. The van der Waals surface area contributed by atoms with Crippen LogP contribution in [-0.2, 0) is 11.0 Å². The Bertz CT molecular complexity index is 1460. The minimum Gasteiger partial charge on any atom is -0.368 e. The number of amides is 1. The third-order valence-corrected chi connectivity index (χ3v) is 7.66. The van der Waals surface area contributed by atoms with E-state index in [9.17, 15) is 27.2 Å². The van der Waals surface area contributed by atoms with Crippen molar-refractivity contribution < 1.29 is 22.4 Å². The number of benzene rings is 1. The number of nitrogens with one attached hydrogen (secondary N) is 1. The van der Waals surface area contributed by atoms with Crippen LogP contribution in [0.2, 0.25) is 0 Å². The van der Waals surface area contributed by atoms with Crippen molar-refractivity contribution in [1.82, 2.24) is 24.3 Å². The van der Waals surface area contributed by atoms with Crippen LogP contribution in [0.3, 0.4) is 0 Å². The lowest BCUT2D eigenvalue weighted by atomic mass is 9.79. The highest BCUT2D eigenvalue weighted by molar-refractivity contribution is 5.92. The molecule has 2 aromatic heterocycles. The molecule has 0 unspecified atom stereocenters. The Kier molecular flexibility index (Phi) is 5.23. The number of likely N-dealkylation sites (tertiary alicyclic amines) is 1. The fourth-order valence-electron chi connectivity index (χ4n) is 5.70. The Hall–Kier alpha value is -3.67. The van der Waals surface area contributed by atoms with E-state index in [0.717, 1.165) is 50.4 Å². The van der Waals surface area contributed by atoms with Crippen molar-refractivity contribution in [2.24, 2.45) is 5.41 Å². The van der Waals surface area contributed by atoms with Gasteiger partial charge in [-0.2, -0.15) is 13.2 Å². The molecule has 6 rings (SSSR count). The van der Waals surface area contributed by atoms with Crippen molar-refractivity contribution >= 4 is 22.8 Å². The number of imidazole rings is 1. The zero-order valence-electron chi connectivity index (χ0n) is 19.8. The molecule has 1 aromatic carbocycles. The fraction of sp³-hybridized carbons (Fsp3) is 0.400. The lowest BCUT2D eigenvalue weighted by Gasteiger charge is -2.49. The zero-order chi connectivity index (χ0) is 26.1. The van der Waals surface area contributed by atoms with E-state index in [-0.39, 0.29) is 24.2 Å². The standard InChI is InChI=1S/C25H24F4N6O2/c1-15(26)22(36)32-10-18(11-32)34-20-19(33-13-24(14-33)7-9-30-12-24)6-8-31-21(20)35(23(34)37)17-4-2-16(3-5-17)25(27,28)29/h2-6,8,18,30H,1,7,9-14H2. The highest BCUT2D eigenvalue weighted by Crippen LogP contribution is 2.42. The van der Waals surface area contributed by atoms with Crippen LogP contribution in [0.15, 0.2) is 53.7 Å². The van der Waals surface area contributed by atoms with E-state index in [1.54, 1.807) is 6.20 Å². The van der Waals surface area contributed by atoms with Gasteiger partial charge in [-0.15, -0.1) is 0 Å². The number of carbonyl (C=O) groups is 1. The van der Waals surface area contributed by atoms with E-state index >= 15 is 0 Å². The zero-order valence-corrected chi connectivity index (χ0v) is 19.8. The first-order valence-electron chi connectivity index (χ1n) is 12.0. The molecule has 3 fully saturated rings. The summed E-state index contributed by atoms with van der Waals surface area (Å²) >= 11 is 0. The van der Waals surface area contributed by atoms with E-state index in [1.807, 2.05) is 6.07 Å². The number of aromatic nitrogens is 3. The Labute approximate surface area is 208 Å². The minimum absolute atomic E-state index is 0.107. The number of anilines is 1. The molecule has 1 N–H and O–H groups in total. The van der Waals surface area contributed by atoms with Crippen molar-refractivity contribution in [1.29, 1.82) is 0 Å². The Morgan fingerprint density at radius 1 is 1.14 bits per heavy atom. The molecule has 8 nitrogen and oxygen atoms in total. The summed E-state index contributed by atoms with van der Waals surface area (Å²) in [5.41, 5.74) is 0.774. The van der Waals surface area contributed by atoms with Gasteiger partial charge in [0.2, 0.25) is 0 Å². The SMILES string of the molecule is C=C(F)C(=O)N1CC(n2c(=O)n(-c3ccc(C(F)(F)F)cc3)c3nccc(N4CC5(CCNC5)C4)c32)C1. The molecule has 1 amide bonds. The van der Waals surface area contributed by atoms with Gasteiger partial charge in [0.05, 0.1) is 23.0 Å². The number of alkyl halides is 3. The monoisotopic (exact) mass is 516 g/mol. The lowest BCUT2D eigenvalue weighted by molar-refractivity contribution is -0.137. The van der Waals surface area contributed by atoms with E-state index in [0.29, 0.717) is 11.2 Å². The molecule has 12 heteroatoms. The first-order valence-corrected chi connectivity index (χ1v) is 12.0. The molecule has 1 spiro atoms. The first kappa shape index (κ1) is 23.7. The molecule has 0 radical (unpaired) electrons. The third-order valence-electron chi connectivity index (χ3n) is 7.66. The molecule has 3 saturated heterocycles. The van der Waals surface area contributed by atoms with E-state index in [1.165, 1.54) is 26.2 Å². The van der Waals surface area contributed by atoms with Gasteiger partial charge in [-0.3, -0.25) is 9.36 Å². The maximum atomic E-state index is 13.8. The van der Waals surface area contributed by atoms with Gasteiger partial charge >= 0.3 is 11.9 Å². The maximum Gasteiger partial charge on any atom is 0.416 e. The summed E-state index contributed by atoms with van der Waals surface area (Å²) in [6, 6.07) is 5.73. The number of carbonyl (C=O) groups excluding carboxylic acids is 1. The first-order chi connectivity index (χ1) is 17.6. The van der Waals surface area contributed by atoms with Crippen LogP contribution in [0.5, 0.6) is 0 Å². The Morgan fingerprint density at radius 3 is 2.43 bits per heavy atom. The average molecular weight is 516 g/mol. The summed E-state index contributed by atoms with van der Waals surface area (Å²) in [7, 11) is 0. The van der Waals surface area contributed by atoms with E-state index < -0.39 is 35.2 Å². The largest absolute Gasteiger partial charge is 0.416 e. The summed E-state index contributed by atoms with van der Waals surface area (Å²) in [5.74, 6) is -1.90. The summed E-state index contributed by atoms with van der Waals surface area (Å²) in [6.07, 6.45) is -1.86. The number of rotatable bonds is 4.